The normalized spacial score (nSPS) is 11.5. The first-order chi connectivity index (χ1) is 15.2. The first-order valence-corrected chi connectivity index (χ1v) is 9.64. The van der Waals surface area contributed by atoms with Crippen LogP contribution in [0.15, 0.2) is 60.9 Å². The SMILES string of the molecule is Cc1ccc(C(=O)NCc2ccc(C(F)(F)F)nc2)cc1-c1ccc2nc(N)ncc2c1. The van der Waals surface area contributed by atoms with E-state index in [1.807, 2.05) is 31.2 Å². The van der Waals surface area contributed by atoms with Crippen LogP contribution in [0.25, 0.3) is 22.0 Å². The molecule has 1 amide bonds. The molecular weight excluding hydrogens is 419 g/mol. The van der Waals surface area contributed by atoms with Crippen molar-refractivity contribution in [2.45, 2.75) is 19.6 Å². The van der Waals surface area contributed by atoms with Gasteiger partial charge >= 0.3 is 6.18 Å². The summed E-state index contributed by atoms with van der Waals surface area (Å²) in [4.78, 5) is 24.2. The van der Waals surface area contributed by atoms with Gasteiger partial charge in [0.05, 0.1) is 5.52 Å². The van der Waals surface area contributed by atoms with Crippen molar-refractivity contribution < 1.29 is 18.0 Å². The van der Waals surface area contributed by atoms with E-state index in [1.165, 1.54) is 6.07 Å². The number of aromatic nitrogens is 3. The number of carbonyl (C=O) groups excluding carboxylic acids is 1. The molecule has 4 rings (SSSR count). The number of aryl methyl sites for hydroxylation is 1. The Morgan fingerprint density at radius 2 is 1.84 bits per heavy atom. The second-order valence-electron chi connectivity index (χ2n) is 7.26. The molecule has 2 aromatic heterocycles. The molecule has 0 saturated carbocycles. The summed E-state index contributed by atoms with van der Waals surface area (Å²) < 4.78 is 37.9. The minimum absolute atomic E-state index is 0.0575. The molecule has 2 heterocycles. The molecular formula is C23H18F3N5O. The number of nitrogens with one attached hydrogen (secondary N) is 1. The minimum atomic E-state index is -4.50. The van der Waals surface area contributed by atoms with Gasteiger partial charge < -0.3 is 11.1 Å². The quantitative estimate of drug-likeness (QED) is 0.489. The molecule has 0 fully saturated rings. The summed E-state index contributed by atoms with van der Waals surface area (Å²) in [7, 11) is 0. The summed E-state index contributed by atoms with van der Waals surface area (Å²) in [5.74, 6) is -0.147. The van der Waals surface area contributed by atoms with Crippen molar-refractivity contribution >= 4 is 22.8 Å². The lowest BCUT2D eigenvalue weighted by Crippen LogP contribution is -2.23. The highest BCUT2D eigenvalue weighted by Crippen LogP contribution is 2.28. The van der Waals surface area contributed by atoms with E-state index in [2.05, 4.69) is 20.3 Å². The number of nitrogens with zero attached hydrogens (tertiary/aromatic N) is 3. The summed E-state index contributed by atoms with van der Waals surface area (Å²) >= 11 is 0. The summed E-state index contributed by atoms with van der Waals surface area (Å²) in [5.41, 5.74) is 9.01. The first kappa shape index (κ1) is 21.2. The Morgan fingerprint density at radius 3 is 2.56 bits per heavy atom. The third-order valence-electron chi connectivity index (χ3n) is 4.98. The number of pyridine rings is 1. The Hall–Kier alpha value is -4.01. The topological polar surface area (TPSA) is 93.8 Å². The van der Waals surface area contributed by atoms with Crippen LogP contribution in [-0.4, -0.2) is 20.9 Å². The molecule has 0 radical (unpaired) electrons. The number of rotatable bonds is 4. The molecule has 0 saturated heterocycles. The Balaban J connectivity index is 1.53. The molecule has 4 aromatic rings. The fourth-order valence-corrected chi connectivity index (χ4v) is 3.27. The zero-order chi connectivity index (χ0) is 22.9. The van der Waals surface area contributed by atoms with Crippen LogP contribution in [0.4, 0.5) is 19.1 Å². The van der Waals surface area contributed by atoms with Gasteiger partial charge in [-0.1, -0.05) is 18.2 Å². The first-order valence-electron chi connectivity index (χ1n) is 9.64. The van der Waals surface area contributed by atoms with E-state index in [1.54, 1.807) is 18.3 Å². The van der Waals surface area contributed by atoms with Crippen molar-refractivity contribution in [3.63, 3.8) is 0 Å². The van der Waals surface area contributed by atoms with Gasteiger partial charge in [0.15, 0.2) is 0 Å². The van der Waals surface area contributed by atoms with Crippen molar-refractivity contribution in [2.75, 3.05) is 5.73 Å². The molecule has 0 unspecified atom stereocenters. The van der Waals surface area contributed by atoms with Gasteiger partial charge in [-0.3, -0.25) is 9.78 Å². The largest absolute Gasteiger partial charge is 0.433 e. The van der Waals surface area contributed by atoms with E-state index in [0.717, 1.165) is 39.9 Å². The summed E-state index contributed by atoms with van der Waals surface area (Å²) in [6.07, 6.45) is -1.75. The molecule has 0 atom stereocenters. The van der Waals surface area contributed by atoms with Gasteiger partial charge in [-0.25, -0.2) is 9.97 Å². The molecule has 0 aliphatic rings. The number of alkyl halides is 3. The number of fused-ring (bicyclic) bond motifs is 1. The Kier molecular flexibility index (Phi) is 5.48. The molecule has 0 aliphatic carbocycles. The van der Waals surface area contributed by atoms with Gasteiger partial charge in [0.25, 0.3) is 5.91 Å². The molecule has 32 heavy (non-hydrogen) atoms. The lowest BCUT2D eigenvalue weighted by atomic mass is 9.97. The van der Waals surface area contributed by atoms with Gasteiger partial charge in [0.1, 0.15) is 5.69 Å². The van der Waals surface area contributed by atoms with Crippen molar-refractivity contribution in [3.05, 3.63) is 83.3 Å². The standard InChI is InChI=1S/C23H18F3N5O/c1-13-2-4-16(21(32)29-11-14-3-7-20(28-10-14)23(24,25)26)9-18(13)15-5-6-19-17(8-15)12-30-22(27)31-19/h2-10,12H,11H2,1H3,(H,29,32)(H2,27,30,31). The average Bonchev–Trinajstić information content (AvgIpc) is 2.77. The maximum atomic E-state index is 12.6. The van der Waals surface area contributed by atoms with E-state index in [-0.39, 0.29) is 18.4 Å². The lowest BCUT2D eigenvalue weighted by Gasteiger charge is -2.11. The van der Waals surface area contributed by atoms with Crippen molar-refractivity contribution in [1.29, 1.82) is 0 Å². The molecule has 0 spiro atoms. The number of carbonyl (C=O) groups is 1. The fraction of sp³-hybridized carbons (Fsp3) is 0.130. The molecule has 2 aromatic carbocycles. The van der Waals surface area contributed by atoms with Crippen LogP contribution < -0.4 is 11.1 Å². The third kappa shape index (κ3) is 4.51. The van der Waals surface area contributed by atoms with Crippen LogP contribution >= 0.6 is 0 Å². The Labute approximate surface area is 181 Å². The minimum Gasteiger partial charge on any atom is -0.368 e. The predicted molar refractivity (Wildman–Crippen MR) is 115 cm³/mol. The van der Waals surface area contributed by atoms with Crippen molar-refractivity contribution in [3.8, 4) is 11.1 Å². The Morgan fingerprint density at radius 1 is 1.03 bits per heavy atom. The Bertz CT molecular complexity index is 1300. The van der Waals surface area contributed by atoms with Crippen LogP contribution in [0.2, 0.25) is 0 Å². The number of amides is 1. The molecule has 162 valence electrons. The summed E-state index contributed by atoms with van der Waals surface area (Å²) in [5, 5.41) is 3.53. The van der Waals surface area contributed by atoms with Crippen molar-refractivity contribution in [2.24, 2.45) is 0 Å². The molecule has 6 nitrogen and oxygen atoms in total. The van der Waals surface area contributed by atoms with Crippen LogP contribution in [-0.2, 0) is 12.7 Å². The zero-order valence-corrected chi connectivity index (χ0v) is 16.9. The van der Waals surface area contributed by atoms with Crippen molar-refractivity contribution in [1.82, 2.24) is 20.3 Å². The maximum absolute atomic E-state index is 12.6. The van der Waals surface area contributed by atoms with Gasteiger partial charge in [-0.05, 0) is 59.5 Å². The summed E-state index contributed by atoms with van der Waals surface area (Å²) in [6.45, 7) is 2.00. The number of halogens is 3. The average molecular weight is 437 g/mol. The molecule has 0 bridgehead atoms. The van der Waals surface area contributed by atoms with E-state index in [4.69, 9.17) is 5.73 Å². The van der Waals surface area contributed by atoms with E-state index >= 15 is 0 Å². The van der Waals surface area contributed by atoms with Gasteiger partial charge in [-0.2, -0.15) is 13.2 Å². The number of hydrogen-bond acceptors (Lipinski definition) is 5. The fourth-order valence-electron chi connectivity index (χ4n) is 3.27. The monoisotopic (exact) mass is 437 g/mol. The highest BCUT2D eigenvalue weighted by molar-refractivity contribution is 5.96. The highest BCUT2D eigenvalue weighted by Gasteiger charge is 2.32. The lowest BCUT2D eigenvalue weighted by molar-refractivity contribution is -0.141. The van der Waals surface area contributed by atoms with E-state index < -0.39 is 11.9 Å². The zero-order valence-electron chi connectivity index (χ0n) is 16.9. The third-order valence-corrected chi connectivity index (χ3v) is 4.98. The smallest absolute Gasteiger partial charge is 0.368 e. The van der Waals surface area contributed by atoms with Gasteiger partial charge in [0, 0.05) is 29.9 Å². The highest BCUT2D eigenvalue weighted by atomic mass is 19.4. The summed E-state index contributed by atoms with van der Waals surface area (Å²) in [6, 6.07) is 13.2. The van der Waals surface area contributed by atoms with Crippen LogP contribution in [0, 0.1) is 6.92 Å². The molecule has 0 aliphatic heterocycles. The maximum Gasteiger partial charge on any atom is 0.433 e. The molecule has 3 N–H and O–H groups in total. The van der Waals surface area contributed by atoms with Gasteiger partial charge in [-0.15, -0.1) is 0 Å². The molecule has 9 heteroatoms. The van der Waals surface area contributed by atoms with E-state index in [0.29, 0.717) is 11.1 Å². The van der Waals surface area contributed by atoms with Crippen LogP contribution in [0.5, 0.6) is 0 Å². The van der Waals surface area contributed by atoms with E-state index in [9.17, 15) is 18.0 Å². The number of anilines is 1. The number of nitrogens with two attached hydrogens (primary N) is 1. The van der Waals surface area contributed by atoms with Crippen LogP contribution in [0.1, 0.15) is 27.2 Å². The van der Waals surface area contributed by atoms with Crippen LogP contribution in [0.3, 0.4) is 0 Å². The number of benzene rings is 2. The number of hydrogen-bond donors (Lipinski definition) is 2. The number of nitrogen functional groups attached to an aromatic ring is 1. The predicted octanol–water partition coefficient (Wildman–Crippen LogP) is 4.53. The second kappa shape index (κ2) is 8.26. The van der Waals surface area contributed by atoms with Gasteiger partial charge in [0.2, 0.25) is 5.95 Å². The second-order valence-corrected chi connectivity index (χ2v) is 7.26.